The minimum absolute atomic E-state index is 0.118. The van der Waals surface area contributed by atoms with Gasteiger partial charge in [-0.2, -0.15) is 0 Å². The summed E-state index contributed by atoms with van der Waals surface area (Å²) >= 11 is 5.78. The Labute approximate surface area is 133 Å². The number of nitrogen functional groups attached to an aromatic ring is 1. The minimum atomic E-state index is -0.507. The first-order valence-corrected chi connectivity index (χ1v) is 6.97. The molecule has 0 unspecified atom stereocenters. The molecule has 0 saturated heterocycles. The van der Waals surface area contributed by atoms with E-state index in [0.717, 1.165) is 5.75 Å². The van der Waals surface area contributed by atoms with Gasteiger partial charge in [-0.3, -0.25) is 0 Å². The molecule has 2 N–H and O–H groups in total. The van der Waals surface area contributed by atoms with E-state index in [2.05, 4.69) is 0 Å². The second-order valence-electron chi connectivity index (χ2n) is 4.39. The van der Waals surface area contributed by atoms with Crippen molar-refractivity contribution in [2.24, 2.45) is 0 Å². The molecule has 0 fully saturated rings. The first-order chi connectivity index (χ1) is 10.6. The highest BCUT2D eigenvalue weighted by atomic mass is 35.5. The molecular weight excluding hydrogens is 306 g/mol. The van der Waals surface area contributed by atoms with Gasteiger partial charge in [0.1, 0.15) is 24.7 Å². The van der Waals surface area contributed by atoms with Crippen molar-refractivity contribution in [3.05, 3.63) is 53.1 Å². The fourth-order valence-electron chi connectivity index (χ4n) is 1.76. The fourth-order valence-corrected chi connectivity index (χ4v) is 1.94. The average Bonchev–Trinajstić information content (AvgIpc) is 2.52. The zero-order valence-electron chi connectivity index (χ0n) is 12.0. The Balaban J connectivity index is 1.79. The number of halogens is 1. The van der Waals surface area contributed by atoms with Crippen molar-refractivity contribution in [3.63, 3.8) is 0 Å². The molecule has 0 saturated carbocycles. The zero-order chi connectivity index (χ0) is 15.9. The van der Waals surface area contributed by atoms with Crippen molar-refractivity contribution in [3.8, 4) is 11.5 Å². The molecule has 6 heteroatoms. The molecule has 2 aromatic rings. The molecule has 0 aliphatic heterocycles. The van der Waals surface area contributed by atoms with E-state index in [0.29, 0.717) is 10.8 Å². The van der Waals surface area contributed by atoms with Crippen molar-refractivity contribution in [2.75, 3.05) is 26.1 Å². The lowest BCUT2D eigenvalue weighted by Gasteiger charge is -2.09. The van der Waals surface area contributed by atoms with E-state index in [9.17, 15) is 4.79 Å². The summed E-state index contributed by atoms with van der Waals surface area (Å²) in [5, 5.41) is 0.469. The lowest BCUT2D eigenvalue weighted by Crippen LogP contribution is -2.13. The Hall–Kier alpha value is -2.40. The van der Waals surface area contributed by atoms with E-state index in [1.165, 1.54) is 12.1 Å². The van der Waals surface area contributed by atoms with Gasteiger partial charge in [0.25, 0.3) is 0 Å². The number of methoxy groups -OCH3 is 1. The molecule has 22 heavy (non-hydrogen) atoms. The number of hydrogen-bond acceptors (Lipinski definition) is 5. The van der Waals surface area contributed by atoms with Crippen molar-refractivity contribution in [1.29, 1.82) is 0 Å². The molecule has 0 aromatic heterocycles. The quantitative estimate of drug-likeness (QED) is 0.502. The van der Waals surface area contributed by atoms with E-state index < -0.39 is 5.97 Å². The number of anilines is 1. The van der Waals surface area contributed by atoms with Gasteiger partial charge in [0.15, 0.2) is 0 Å². The molecule has 0 amide bonds. The lowest BCUT2D eigenvalue weighted by atomic mass is 10.2. The van der Waals surface area contributed by atoms with Gasteiger partial charge in [0.05, 0.1) is 12.7 Å². The minimum Gasteiger partial charge on any atom is -0.497 e. The first-order valence-electron chi connectivity index (χ1n) is 6.59. The first kappa shape index (κ1) is 16.0. The summed E-state index contributed by atoms with van der Waals surface area (Å²) in [5.74, 6) is 0.910. The molecule has 0 atom stereocenters. The van der Waals surface area contributed by atoms with Crippen LogP contribution in [0.5, 0.6) is 11.5 Å². The van der Waals surface area contributed by atoms with Crippen LogP contribution in [0.15, 0.2) is 42.5 Å². The number of nitrogens with two attached hydrogens (primary N) is 1. The summed E-state index contributed by atoms with van der Waals surface area (Å²) in [6.07, 6.45) is 0. The van der Waals surface area contributed by atoms with E-state index in [1.54, 1.807) is 37.4 Å². The standard InChI is InChI=1S/C16H16ClNO4/c1-20-12-3-5-13(6-4-12)21-8-9-22-16(19)14-7-2-11(17)10-15(14)18/h2-7,10H,8-9,18H2,1H3. The van der Waals surface area contributed by atoms with Crippen molar-refractivity contribution in [1.82, 2.24) is 0 Å². The molecule has 5 nitrogen and oxygen atoms in total. The summed E-state index contributed by atoms with van der Waals surface area (Å²) < 4.78 is 15.6. The van der Waals surface area contributed by atoms with Gasteiger partial charge < -0.3 is 19.9 Å². The highest BCUT2D eigenvalue weighted by Gasteiger charge is 2.11. The molecule has 0 bridgehead atoms. The number of carbonyl (C=O) groups excluding carboxylic acids is 1. The van der Waals surface area contributed by atoms with Crippen LogP contribution < -0.4 is 15.2 Å². The third-order valence-corrected chi connectivity index (χ3v) is 3.11. The molecule has 0 heterocycles. The summed E-state index contributed by atoms with van der Waals surface area (Å²) in [5.41, 5.74) is 6.29. The second-order valence-corrected chi connectivity index (χ2v) is 4.83. The SMILES string of the molecule is COc1ccc(OCCOC(=O)c2ccc(Cl)cc2N)cc1. The molecule has 0 aliphatic rings. The number of esters is 1. The topological polar surface area (TPSA) is 70.8 Å². The van der Waals surface area contributed by atoms with Crippen LogP contribution in [0.3, 0.4) is 0 Å². The Kier molecular flexibility index (Phi) is 5.49. The van der Waals surface area contributed by atoms with Crippen molar-refractivity contribution in [2.45, 2.75) is 0 Å². The highest BCUT2D eigenvalue weighted by Crippen LogP contribution is 2.19. The van der Waals surface area contributed by atoms with Gasteiger partial charge in [-0.15, -0.1) is 0 Å². The molecule has 2 rings (SSSR count). The zero-order valence-corrected chi connectivity index (χ0v) is 12.8. The fraction of sp³-hybridized carbons (Fsp3) is 0.188. The Morgan fingerprint density at radius 2 is 1.77 bits per heavy atom. The number of carbonyl (C=O) groups is 1. The maximum absolute atomic E-state index is 11.9. The highest BCUT2D eigenvalue weighted by molar-refractivity contribution is 6.31. The predicted octanol–water partition coefficient (Wildman–Crippen LogP) is 3.17. The van der Waals surface area contributed by atoms with Crippen LogP contribution >= 0.6 is 11.6 Å². The van der Waals surface area contributed by atoms with Crippen molar-refractivity contribution < 1.29 is 19.0 Å². The number of ether oxygens (including phenoxy) is 3. The van der Waals surface area contributed by atoms with E-state index in [1.807, 2.05) is 0 Å². The number of benzene rings is 2. The van der Waals surface area contributed by atoms with Gasteiger partial charge in [-0.25, -0.2) is 4.79 Å². The van der Waals surface area contributed by atoms with Gasteiger partial charge >= 0.3 is 5.97 Å². The summed E-state index contributed by atoms with van der Waals surface area (Å²) in [6.45, 7) is 0.360. The third kappa shape index (κ3) is 4.30. The van der Waals surface area contributed by atoms with Crippen LogP contribution in [-0.4, -0.2) is 26.3 Å². The smallest absolute Gasteiger partial charge is 0.340 e. The van der Waals surface area contributed by atoms with Crippen LogP contribution in [-0.2, 0) is 4.74 Å². The van der Waals surface area contributed by atoms with Crippen LogP contribution in [0, 0.1) is 0 Å². The largest absolute Gasteiger partial charge is 0.497 e. The van der Waals surface area contributed by atoms with E-state index in [-0.39, 0.29) is 24.5 Å². The average molecular weight is 322 g/mol. The summed E-state index contributed by atoms with van der Waals surface area (Å²) in [7, 11) is 1.60. The van der Waals surface area contributed by atoms with Crippen LogP contribution in [0.2, 0.25) is 5.02 Å². The maximum atomic E-state index is 11.9. The Bertz CT molecular complexity index is 643. The van der Waals surface area contributed by atoms with Gasteiger partial charge in [0, 0.05) is 10.7 Å². The second kappa shape index (κ2) is 7.56. The van der Waals surface area contributed by atoms with E-state index >= 15 is 0 Å². The normalized spacial score (nSPS) is 10.1. The van der Waals surface area contributed by atoms with Crippen LogP contribution in [0.1, 0.15) is 10.4 Å². The van der Waals surface area contributed by atoms with Crippen molar-refractivity contribution >= 4 is 23.3 Å². The summed E-state index contributed by atoms with van der Waals surface area (Å²) in [6, 6.07) is 11.7. The van der Waals surface area contributed by atoms with Gasteiger partial charge in [-0.1, -0.05) is 11.6 Å². The number of hydrogen-bond donors (Lipinski definition) is 1. The number of rotatable bonds is 6. The van der Waals surface area contributed by atoms with Crippen LogP contribution in [0.25, 0.3) is 0 Å². The predicted molar refractivity (Wildman–Crippen MR) is 84.6 cm³/mol. The molecule has 2 aromatic carbocycles. The van der Waals surface area contributed by atoms with Gasteiger partial charge in [-0.05, 0) is 42.5 Å². The lowest BCUT2D eigenvalue weighted by molar-refractivity contribution is 0.0451. The third-order valence-electron chi connectivity index (χ3n) is 2.88. The van der Waals surface area contributed by atoms with Crippen LogP contribution in [0.4, 0.5) is 5.69 Å². The maximum Gasteiger partial charge on any atom is 0.340 e. The summed E-state index contributed by atoms with van der Waals surface area (Å²) in [4.78, 5) is 11.9. The Morgan fingerprint density at radius 3 is 2.41 bits per heavy atom. The Morgan fingerprint density at radius 1 is 1.09 bits per heavy atom. The molecule has 0 aliphatic carbocycles. The van der Waals surface area contributed by atoms with Gasteiger partial charge in [0.2, 0.25) is 0 Å². The molecule has 116 valence electrons. The monoisotopic (exact) mass is 321 g/mol. The van der Waals surface area contributed by atoms with E-state index in [4.69, 9.17) is 31.5 Å². The molecule has 0 spiro atoms. The molecule has 0 radical (unpaired) electrons. The molecular formula is C16H16ClNO4.